The fourth-order valence-electron chi connectivity index (χ4n) is 2.74. The van der Waals surface area contributed by atoms with Crippen LogP contribution >= 0.6 is 11.3 Å². The predicted octanol–water partition coefficient (Wildman–Crippen LogP) is 3.96. The van der Waals surface area contributed by atoms with Gasteiger partial charge in [-0.25, -0.2) is 24.3 Å². The lowest BCUT2D eigenvalue weighted by atomic mass is 10.1. The monoisotopic (exact) mass is 375 g/mol. The number of halogens is 1. The Hall–Kier alpha value is -2.55. The largest absolute Gasteiger partial charge is 0.384 e. The highest BCUT2D eigenvalue weighted by Crippen LogP contribution is 2.36. The van der Waals surface area contributed by atoms with Gasteiger partial charge in [0.1, 0.15) is 28.2 Å². The van der Waals surface area contributed by atoms with E-state index in [-0.39, 0.29) is 0 Å². The SMILES string of the molecule is CC.Nc1cc(Nc2ncc(F)c3nc(N4CCCCC4)sc23)ncn1. The number of nitrogens with one attached hydrogen (secondary N) is 1. The number of aromatic nitrogens is 4. The molecule has 0 amide bonds. The lowest BCUT2D eigenvalue weighted by molar-refractivity contribution is 0.576. The van der Waals surface area contributed by atoms with Crippen molar-refractivity contribution in [1.29, 1.82) is 0 Å². The van der Waals surface area contributed by atoms with Crippen LogP contribution in [-0.2, 0) is 0 Å². The zero-order valence-corrected chi connectivity index (χ0v) is 15.7. The van der Waals surface area contributed by atoms with Crippen molar-refractivity contribution < 1.29 is 4.39 Å². The van der Waals surface area contributed by atoms with E-state index < -0.39 is 5.82 Å². The van der Waals surface area contributed by atoms with E-state index in [1.165, 1.54) is 30.3 Å². The molecule has 1 saturated heterocycles. The standard InChI is InChI=1S/C15H16FN7S.C2H6/c16-9-7-18-14(21-11-6-10(17)19-8-20-11)13-12(9)22-15(24-13)23-4-2-1-3-5-23;1-2/h6-8H,1-5H2,(H3,17,18,19,20,21);1-2H3. The second-order valence-corrected chi connectivity index (χ2v) is 6.61. The number of piperidine rings is 1. The van der Waals surface area contributed by atoms with Gasteiger partial charge in [0.05, 0.1) is 6.20 Å². The molecule has 0 aromatic carbocycles. The molecule has 3 aromatic rings. The number of hydrogen-bond acceptors (Lipinski definition) is 8. The molecule has 0 spiro atoms. The van der Waals surface area contributed by atoms with Gasteiger partial charge in [0.2, 0.25) is 0 Å². The van der Waals surface area contributed by atoms with Gasteiger partial charge in [0.15, 0.2) is 16.8 Å². The number of anilines is 4. The fourth-order valence-corrected chi connectivity index (χ4v) is 3.82. The number of thiazole rings is 1. The van der Waals surface area contributed by atoms with Crippen molar-refractivity contribution in [2.24, 2.45) is 0 Å². The van der Waals surface area contributed by atoms with Crippen LogP contribution in [0.1, 0.15) is 33.1 Å². The molecule has 0 aliphatic carbocycles. The molecule has 9 heteroatoms. The Morgan fingerprint density at radius 1 is 1.15 bits per heavy atom. The van der Waals surface area contributed by atoms with Crippen LogP contribution in [0.25, 0.3) is 10.2 Å². The zero-order chi connectivity index (χ0) is 18.5. The van der Waals surface area contributed by atoms with Crippen LogP contribution in [0.3, 0.4) is 0 Å². The van der Waals surface area contributed by atoms with Gasteiger partial charge in [-0.1, -0.05) is 25.2 Å². The van der Waals surface area contributed by atoms with Gasteiger partial charge in [0, 0.05) is 19.2 Å². The van der Waals surface area contributed by atoms with Gasteiger partial charge >= 0.3 is 0 Å². The van der Waals surface area contributed by atoms with E-state index in [0.717, 1.165) is 31.1 Å². The maximum Gasteiger partial charge on any atom is 0.186 e. The quantitative estimate of drug-likeness (QED) is 0.715. The molecule has 0 bridgehead atoms. The van der Waals surface area contributed by atoms with E-state index >= 15 is 0 Å². The number of fused-ring (bicyclic) bond motifs is 1. The average Bonchev–Trinajstić information content (AvgIpc) is 3.13. The molecule has 0 atom stereocenters. The highest BCUT2D eigenvalue weighted by molar-refractivity contribution is 7.22. The molecule has 3 aromatic heterocycles. The topological polar surface area (TPSA) is 92.8 Å². The van der Waals surface area contributed by atoms with Crippen molar-refractivity contribution in [1.82, 2.24) is 19.9 Å². The first-order valence-corrected chi connectivity index (χ1v) is 9.57. The van der Waals surface area contributed by atoms with Gasteiger partial charge in [-0.15, -0.1) is 0 Å². The number of nitrogen functional groups attached to an aromatic ring is 1. The molecule has 0 saturated carbocycles. The van der Waals surface area contributed by atoms with E-state index in [2.05, 4.69) is 30.2 Å². The fraction of sp³-hybridized carbons (Fsp3) is 0.412. The van der Waals surface area contributed by atoms with Crippen LogP contribution in [0.5, 0.6) is 0 Å². The van der Waals surface area contributed by atoms with Crippen LogP contribution in [-0.4, -0.2) is 33.0 Å². The molecule has 1 aliphatic rings. The van der Waals surface area contributed by atoms with Gasteiger partial charge in [-0.2, -0.15) is 0 Å². The summed E-state index contributed by atoms with van der Waals surface area (Å²) in [6.45, 7) is 5.92. The summed E-state index contributed by atoms with van der Waals surface area (Å²) in [5.41, 5.74) is 6.00. The van der Waals surface area contributed by atoms with E-state index in [4.69, 9.17) is 5.73 Å². The minimum absolute atomic E-state index is 0.333. The third-order valence-electron chi connectivity index (χ3n) is 3.93. The third-order valence-corrected chi connectivity index (χ3v) is 5.05. The molecule has 26 heavy (non-hydrogen) atoms. The number of pyridine rings is 1. The van der Waals surface area contributed by atoms with Gasteiger partial charge in [-0.3, -0.25) is 0 Å². The normalized spacial score (nSPS) is 14.0. The first-order valence-electron chi connectivity index (χ1n) is 8.75. The number of hydrogen-bond donors (Lipinski definition) is 2. The maximum absolute atomic E-state index is 14.1. The lowest BCUT2D eigenvalue weighted by Crippen LogP contribution is -2.29. The Morgan fingerprint density at radius 2 is 1.92 bits per heavy atom. The Bertz CT molecular complexity index is 877. The molecule has 3 N–H and O–H groups in total. The molecule has 7 nitrogen and oxygen atoms in total. The molecule has 1 aliphatic heterocycles. The predicted molar refractivity (Wildman–Crippen MR) is 105 cm³/mol. The van der Waals surface area contributed by atoms with Crippen LogP contribution in [0.4, 0.5) is 27.0 Å². The summed E-state index contributed by atoms with van der Waals surface area (Å²) in [6, 6.07) is 1.60. The van der Waals surface area contributed by atoms with Crippen molar-refractivity contribution in [3.8, 4) is 0 Å². The summed E-state index contributed by atoms with van der Waals surface area (Å²) in [6.07, 6.45) is 6.06. The van der Waals surface area contributed by atoms with Crippen LogP contribution in [0.2, 0.25) is 0 Å². The van der Waals surface area contributed by atoms with Gasteiger partial charge < -0.3 is 16.0 Å². The smallest absolute Gasteiger partial charge is 0.186 e. The van der Waals surface area contributed by atoms with Crippen LogP contribution in [0.15, 0.2) is 18.6 Å². The minimum atomic E-state index is -0.419. The second-order valence-electron chi connectivity index (χ2n) is 5.63. The summed E-state index contributed by atoms with van der Waals surface area (Å²) in [7, 11) is 0. The number of nitrogens with zero attached hydrogens (tertiary/aromatic N) is 5. The Kier molecular flexibility index (Phi) is 5.77. The first-order chi connectivity index (χ1) is 12.7. The highest BCUT2D eigenvalue weighted by Gasteiger charge is 2.19. The molecule has 138 valence electrons. The Labute approximate surface area is 155 Å². The molecule has 4 rings (SSSR count). The molecule has 1 fully saturated rings. The van der Waals surface area contributed by atoms with Crippen molar-refractivity contribution in [3.05, 3.63) is 24.4 Å². The Morgan fingerprint density at radius 3 is 2.65 bits per heavy atom. The van der Waals surface area contributed by atoms with Gasteiger partial charge in [-0.05, 0) is 19.3 Å². The van der Waals surface area contributed by atoms with Crippen LogP contribution in [0, 0.1) is 5.82 Å². The molecular formula is C17H22FN7S. The molecule has 0 radical (unpaired) electrons. The van der Waals surface area contributed by atoms with E-state index in [9.17, 15) is 4.39 Å². The minimum Gasteiger partial charge on any atom is -0.384 e. The van der Waals surface area contributed by atoms with E-state index in [0.29, 0.717) is 27.7 Å². The van der Waals surface area contributed by atoms with Crippen molar-refractivity contribution >= 4 is 44.1 Å². The summed E-state index contributed by atoms with van der Waals surface area (Å²) in [5.74, 6) is 0.961. The summed E-state index contributed by atoms with van der Waals surface area (Å²) in [5, 5.41) is 3.91. The maximum atomic E-state index is 14.1. The Balaban J connectivity index is 0.000000948. The second kappa shape index (κ2) is 8.22. The van der Waals surface area contributed by atoms with Crippen molar-refractivity contribution in [2.75, 3.05) is 29.0 Å². The van der Waals surface area contributed by atoms with E-state index in [1.54, 1.807) is 6.07 Å². The summed E-state index contributed by atoms with van der Waals surface area (Å²) < 4.78 is 14.8. The summed E-state index contributed by atoms with van der Waals surface area (Å²) in [4.78, 5) is 18.8. The average molecular weight is 375 g/mol. The molecule has 0 unspecified atom stereocenters. The zero-order valence-electron chi connectivity index (χ0n) is 14.9. The third kappa shape index (κ3) is 3.82. The van der Waals surface area contributed by atoms with Gasteiger partial charge in [0.25, 0.3) is 0 Å². The summed E-state index contributed by atoms with van der Waals surface area (Å²) >= 11 is 1.44. The lowest BCUT2D eigenvalue weighted by Gasteiger charge is -2.25. The highest BCUT2D eigenvalue weighted by atomic mass is 32.1. The number of nitrogens with two attached hydrogens (primary N) is 1. The molecule has 4 heterocycles. The van der Waals surface area contributed by atoms with Crippen LogP contribution < -0.4 is 16.0 Å². The van der Waals surface area contributed by atoms with Crippen molar-refractivity contribution in [3.63, 3.8) is 0 Å². The first kappa shape index (κ1) is 18.2. The number of rotatable bonds is 3. The molecular weight excluding hydrogens is 353 g/mol. The van der Waals surface area contributed by atoms with Crippen molar-refractivity contribution in [2.45, 2.75) is 33.1 Å². The van der Waals surface area contributed by atoms with E-state index in [1.807, 2.05) is 13.8 Å².